The number of Topliss-reactive ketones (excluding diaryl/α,β-unsaturated/α-hetero) is 1. The first-order chi connectivity index (χ1) is 9.38. The molecule has 0 radical (unpaired) electrons. The molecule has 20 heavy (non-hydrogen) atoms. The van der Waals surface area contributed by atoms with E-state index in [1.165, 1.54) is 12.1 Å². The number of nitrogens with two attached hydrogens (primary N) is 1. The summed E-state index contributed by atoms with van der Waals surface area (Å²) >= 11 is 0. The van der Waals surface area contributed by atoms with Crippen molar-refractivity contribution in [3.05, 3.63) is 65.2 Å². The van der Waals surface area contributed by atoms with Crippen LogP contribution in [0.4, 0.5) is 18.9 Å². The number of nitrogen functional groups attached to an aromatic ring is 1. The lowest BCUT2D eigenvalue weighted by atomic mass is 10.0. The molecule has 0 aliphatic heterocycles. The number of halogens is 3. The number of hydrogen-bond acceptors (Lipinski definition) is 2. The molecule has 5 heteroatoms. The third-order valence-electron chi connectivity index (χ3n) is 2.91. The fourth-order valence-electron chi connectivity index (χ4n) is 1.84. The lowest BCUT2D eigenvalue weighted by Gasteiger charge is -2.08. The van der Waals surface area contributed by atoms with Gasteiger partial charge in [0, 0.05) is 17.7 Å². The van der Waals surface area contributed by atoms with Gasteiger partial charge in [0.25, 0.3) is 0 Å². The van der Waals surface area contributed by atoms with Crippen molar-refractivity contribution in [3.63, 3.8) is 0 Å². The number of alkyl halides is 3. The summed E-state index contributed by atoms with van der Waals surface area (Å²) in [5.41, 5.74) is 6.22. The Bertz CT molecular complexity index is 618. The van der Waals surface area contributed by atoms with E-state index >= 15 is 0 Å². The second-order valence-corrected chi connectivity index (χ2v) is 4.38. The molecule has 0 aliphatic carbocycles. The van der Waals surface area contributed by atoms with Crippen molar-refractivity contribution in [2.24, 2.45) is 0 Å². The van der Waals surface area contributed by atoms with E-state index < -0.39 is 11.7 Å². The van der Waals surface area contributed by atoms with Crippen LogP contribution in [0.15, 0.2) is 48.5 Å². The van der Waals surface area contributed by atoms with Gasteiger partial charge in [0.05, 0.1) is 5.56 Å². The molecule has 2 nitrogen and oxygen atoms in total. The zero-order valence-electron chi connectivity index (χ0n) is 10.4. The average Bonchev–Trinajstić information content (AvgIpc) is 2.38. The number of ketones is 1. The second-order valence-electron chi connectivity index (χ2n) is 4.38. The summed E-state index contributed by atoms with van der Waals surface area (Å²) in [4.78, 5) is 12.0. The van der Waals surface area contributed by atoms with Crippen molar-refractivity contribution in [1.82, 2.24) is 0 Å². The molecule has 2 aromatic rings. The van der Waals surface area contributed by atoms with E-state index in [2.05, 4.69) is 0 Å². The summed E-state index contributed by atoms with van der Waals surface area (Å²) in [6.45, 7) is 0. The van der Waals surface area contributed by atoms with Gasteiger partial charge in [-0.3, -0.25) is 4.79 Å². The number of benzene rings is 2. The van der Waals surface area contributed by atoms with Gasteiger partial charge in [0.15, 0.2) is 5.78 Å². The van der Waals surface area contributed by atoms with Crippen LogP contribution in [0.25, 0.3) is 0 Å². The zero-order valence-corrected chi connectivity index (χ0v) is 10.4. The molecule has 0 atom stereocenters. The van der Waals surface area contributed by atoms with E-state index in [0.29, 0.717) is 16.8 Å². The molecule has 104 valence electrons. The SMILES string of the molecule is Nc1ccccc1C(=O)Cc1ccc(C(F)(F)F)cc1. The Morgan fingerprint density at radius 3 is 2.15 bits per heavy atom. The quantitative estimate of drug-likeness (QED) is 0.687. The van der Waals surface area contributed by atoms with E-state index in [4.69, 9.17) is 5.73 Å². The summed E-state index contributed by atoms with van der Waals surface area (Å²) < 4.78 is 37.2. The Hall–Kier alpha value is -2.30. The van der Waals surface area contributed by atoms with Crippen molar-refractivity contribution in [1.29, 1.82) is 0 Å². The van der Waals surface area contributed by atoms with Crippen LogP contribution in [0.2, 0.25) is 0 Å². The first-order valence-electron chi connectivity index (χ1n) is 5.92. The largest absolute Gasteiger partial charge is 0.416 e. The fourth-order valence-corrected chi connectivity index (χ4v) is 1.84. The van der Waals surface area contributed by atoms with E-state index in [1.54, 1.807) is 24.3 Å². The third kappa shape index (κ3) is 3.17. The Morgan fingerprint density at radius 1 is 1.00 bits per heavy atom. The topological polar surface area (TPSA) is 43.1 Å². The Balaban J connectivity index is 2.15. The fraction of sp³-hybridized carbons (Fsp3) is 0.133. The second kappa shape index (κ2) is 5.36. The lowest BCUT2D eigenvalue weighted by Crippen LogP contribution is -2.08. The first-order valence-corrected chi connectivity index (χ1v) is 5.92. The first kappa shape index (κ1) is 14.1. The minimum absolute atomic E-state index is 0.0202. The third-order valence-corrected chi connectivity index (χ3v) is 2.91. The molecule has 0 heterocycles. The number of carbonyl (C=O) groups excluding carboxylic acids is 1. The van der Waals surface area contributed by atoms with Crippen LogP contribution in [0.3, 0.4) is 0 Å². The van der Waals surface area contributed by atoms with Gasteiger partial charge in [0.1, 0.15) is 0 Å². The number of anilines is 1. The van der Waals surface area contributed by atoms with Crippen molar-refractivity contribution >= 4 is 11.5 Å². The number of rotatable bonds is 3. The molecule has 2 N–H and O–H groups in total. The van der Waals surface area contributed by atoms with E-state index in [1.807, 2.05) is 0 Å². The smallest absolute Gasteiger partial charge is 0.398 e. The molecule has 0 aliphatic rings. The van der Waals surface area contributed by atoms with Gasteiger partial charge in [0.2, 0.25) is 0 Å². The van der Waals surface area contributed by atoms with Crippen molar-refractivity contribution in [2.45, 2.75) is 12.6 Å². The summed E-state index contributed by atoms with van der Waals surface area (Å²) in [6, 6.07) is 11.2. The highest BCUT2D eigenvalue weighted by molar-refractivity contribution is 6.01. The normalized spacial score (nSPS) is 11.3. The Morgan fingerprint density at radius 2 is 1.60 bits per heavy atom. The number of carbonyl (C=O) groups is 1. The average molecular weight is 279 g/mol. The van der Waals surface area contributed by atoms with Gasteiger partial charge in [-0.15, -0.1) is 0 Å². The van der Waals surface area contributed by atoms with Gasteiger partial charge >= 0.3 is 6.18 Å². The maximum Gasteiger partial charge on any atom is 0.416 e. The predicted octanol–water partition coefficient (Wildman–Crippen LogP) is 3.71. The maximum atomic E-state index is 12.4. The minimum Gasteiger partial charge on any atom is -0.398 e. The van der Waals surface area contributed by atoms with Gasteiger partial charge in [-0.05, 0) is 29.8 Å². The minimum atomic E-state index is -4.37. The van der Waals surface area contributed by atoms with Gasteiger partial charge in [-0.1, -0.05) is 24.3 Å². The summed E-state index contributed by atoms with van der Waals surface area (Å²) in [5.74, 6) is -0.220. The van der Waals surface area contributed by atoms with Crippen molar-refractivity contribution < 1.29 is 18.0 Å². The van der Waals surface area contributed by atoms with Crippen LogP contribution in [0.1, 0.15) is 21.5 Å². The van der Waals surface area contributed by atoms with Crippen molar-refractivity contribution in [3.8, 4) is 0 Å². The maximum absolute atomic E-state index is 12.4. The highest BCUT2D eigenvalue weighted by Gasteiger charge is 2.29. The zero-order chi connectivity index (χ0) is 14.8. The highest BCUT2D eigenvalue weighted by Crippen LogP contribution is 2.29. The van der Waals surface area contributed by atoms with Crippen LogP contribution >= 0.6 is 0 Å². The van der Waals surface area contributed by atoms with Crippen molar-refractivity contribution in [2.75, 3.05) is 5.73 Å². The molecule has 0 saturated heterocycles. The molecule has 2 rings (SSSR count). The summed E-state index contributed by atoms with van der Waals surface area (Å²) in [7, 11) is 0. The summed E-state index contributed by atoms with van der Waals surface area (Å²) in [5, 5.41) is 0. The molecular weight excluding hydrogens is 267 g/mol. The van der Waals surface area contributed by atoms with Crippen LogP contribution in [0.5, 0.6) is 0 Å². The molecule has 0 spiro atoms. The molecule has 0 saturated carbocycles. The summed E-state index contributed by atoms with van der Waals surface area (Å²) in [6.07, 6.45) is -4.35. The number of para-hydroxylation sites is 1. The van der Waals surface area contributed by atoms with E-state index in [-0.39, 0.29) is 12.2 Å². The van der Waals surface area contributed by atoms with Gasteiger partial charge < -0.3 is 5.73 Å². The molecule has 0 unspecified atom stereocenters. The van der Waals surface area contributed by atoms with Gasteiger partial charge in [-0.25, -0.2) is 0 Å². The predicted molar refractivity (Wildman–Crippen MR) is 70.3 cm³/mol. The van der Waals surface area contributed by atoms with Crippen LogP contribution in [-0.4, -0.2) is 5.78 Å². The van der Waals surface area contributed by atoms with E-state index in [9.17, 15) is 18.0 Å². The molecule has 0 fully saturated rings. The number of hydrogen-bond donors (Lipinski definition) is 1. The molecule has 2 aromatic carbocycles. The molecule has 0 bridgehead atoms. The van der Waals surface area contributed by atoms with Crippen LogP contribution < -0.4 is 5.73 Å². The molecular formula is C15H12F3NO. The molecule has 0 amide bonds. The van der Waals surface area contributed by atoms with Gasteiger partial charge in [-0.2, -0.15) is 13.2 Å². The Kier molecular flexibility index (Phi) is 3.79. The van der Waals surface area contributed by atoms with Crippen LogP contribution in [-0.2, 0) is 12.6 Å². The van der Waals surface area contributed by atoms with E-state index in [0.717, 1.165) is 12.1 Å². The highest BCUT2D eigenvalue weighted by atomic mass is 19.4. The molecule has 0 aromatic heterocycles. The van der Waals surface area contributed by atoms with Crippen LogP contribution in [0, 0.1) is 0 Å². The monoisotopic (exact) mass is 279 g/mol. The standard InChI is InChI=1S/C15H12F3NO/c16-15(17,18)11-7-5-10(6-8-11)9-14(20)12-3-1-2-4-13(12)19/h1-8H,9,19H2. The lowest BCUT2D eigenvalue weighted by molar-refractivity contribution is -0.137. The Labute approximate surface area is 114 Å².